The van der Waals surface area contributed by atoms with Gasteiger partial charge in [-0.05, 0) is 79.9 Å². The van der Waals surface area contributed by atoms with E-state index in [0.29, 0.717) is 24.9 Å². The molecule has 0 atom stereocenters. The molecule has 4 heterocycles. The Bertz CT molecular complexity index is 1410. The van der Waals surface area contributed by atoms with Gasteiger partial charge in [0.05, 0.1) is 11.4 Å². The lowest BCUT2D eigenvalue weighted by Crippen LogP contribution is -2.29. The summed E-state index contributed by atoms with van der Waals surface area (Å²) >= 11 is 1.57. The summed E-state index contributed by atoms with van der Waals surface area (Å²) in [6.45, 7) is 4.95. The van der Waals surface area contributed by atoms with Gasteiger partial charge in [-0.1, -0.05) is 0 Å². The molecule has 2 aromatic heterocycles. The van der Waals surface area contributed by atoms with E-state index >= 15 is 0 Å². The second-order valence-electron chi connectivity index (χ2n) is 9.01. The first-order valence-corrected chi connectivity index (χ1v) is 13.2. The van der Waals surface area contributed by atoms with Gasteiger partial charge in [-0.3, -0.25) is 4.79 Å². The maximum atomic E-state index is 12.3. The van der Waals surface area contributed by atoms with Crippen LogP contribution < -0.4 is 14.8 Å². The highest BCUT2D eigenvalue weighted by atomic mass is 32.2. The van der Waals surface area contributed by atoms with Crippen molar-refractivity contribution in [1.82, 2.24) is 19.5 Å². The molecule has 0 aliphatic carbocycles. The van der Waals surface area contributed by atoms with Gasteiger partial charge >= 0.3 is 0 Å². The van der Waals surface area contributed by atoms with E-state index in [0.717, 1.165) is 70.5 Å². The quantitative estimate of drug-likeness (QED) is 0.375. The van der Waals surface area contributed by atoms with E-state index in [1.165, 1.54) is 0 Å². The average Bonchev–Trinajstić information content (AvgIpc) is 3.57. The fourth-order valence-corrected chi connectivity index (χ4v) is 5.35. The fourth-order valence-electron chi connectivity index (χ4n) is 4.54. The number of carbonyl (C=O) groups is 1. The summed E-state index contributed by atoms with van der Waals surface area (Å²) in [4.78, 5) is 20.0. The summed E-state index contributed by atoms with van der Waals surface area (Å²) in [6, 6.07) is 18.1. The molecule has 0 saturated carbocycles. The van der Waals surface area contributed by atoms with Gasteiger partial charge in [-0.15, -0.1) is 16.9 Å². The van der Waals surface area contributed by atoms with Gasteiger partial charge in [0.15, 0.2) is 17.1 Å². The molecule has 1 fully saturated rings. The summed E-state index contributed by atoms with van der Waals surface area (Å²) in [6.07, 6.45) is 2.23. The number of aromatic nitrogens is 3. The minimum Gasteiger partial charge on any atom is -0.486 e. The third-order valence-corrected chi connectivity index (χ3v) is 7.35. The van der Waals surface area contributed by atoms with Gasteiger partial charge in [0, 0.05) is 29.2 Å². The Morgan fingerprint density at radius 1 is 1.00 bits per heavy atom. The predicted octanol–water partition coefficient (Wildman–Crippen LogP) is 4.93. The maximum absolute atomic E-state index is 12.3. The van der Waals surface area contributed by atoms with Crippen LogP contribution in [0.3, 0.4) is 0 Å². The van der Waals surface area contributed by atoms with Crippen LogP contribution in [0.1, 0.15) is 18.4 Å². The maximum Gasteiger partial charge on any atom is 0.247 e. The van der Waals surface area contributed by atoms with Crippen LogP contribution in [-0.4, -0.2) is 57.5 Å². The molecule has 1 N–H and O–H groups in total. The molecule has 0 radical (unpaired) electrons. The number of aryl methyl sites for hydroxylation is 1. The molecule has 6 rings (SSSR count). The van der Waals surface area contributed by atoms with Crippen molar-refractivity contribution in [3.63, 3.8) is 0 Å². The molecule has 184 valence electrons. The molecule has 0 bridgehead atoms. The Morgan fingerprint density at radius 3 is 2.58 bits per heavy atom. The molecule has 8 nitrogen and oxygen atoms in total. The van der Waals surface area contributed by atoms with Crippen molar-refractivity contribution < 1.29 is 14.3 Å². The molecular formula is C27H27N5O3S. The zero-order valence-corrected chi connectivity index (χ0v) is 20.9. The highest BCUT2D eigenvalue weighted by Crippen LogP contribution is 2.35. The Morgan fingerprint density at radius 2 is 1.78 bits per heavy atom. The molecule has 9 heteroatoms. The van der Waals surface area contributed by atoms with E-state index in [2.05, 4.69) is 11.4 Å². The van der Waals surface area contributed by atoms with Crippen LogP contribution in [0, 0.1) is 6.92 Å². The van der Waals surface area contributed by atoms with Crippen LogP contribution in [0.2, 0.25) is 0 Å². The number of nitrogens with zero attached hydrogens (tertiary/aromatic N) is 4. The smallest absolute Gasteiger partial charge is 0.247 e. The largest absolute Gasteiger partial charge is 0.486 e. The molecule has 4 aromatic rings. The van der Waals surface area contributed by atoms with E-state index in [-0.39, 0.29) is 5.91 Å². The lowest BCUT2D eigenvalue weighted by molar-refractivity contribution is -0.127. The van der Waals surface area contributed by atoms with Crippen LogP contribution in [0.5, 0.6) is 11.5 Å². The Hall–Kier alpha value is -3.72. The van der Waals surface area contributed by atoms with E-state index in [1.807, 2.05) is 64.9 Å². The number of carbonyl (C=O) groups excluding carboxylic acids is 1. The number of hydrogen-bond donors (Lipinski definition) is 1. The summed E-state index contributed by atoms with van der Waals surface area (Å²) in [5.41, 5.74) is 4.65. The monoisotopic (exact) mass is 501 g/mol. The van der Waals surface area contributed by atoms with Gasteiger partial charge in [0.25, 0.3) is 0 Å². The van der Waals surface area contributed by atoms with Crippen molar-refractivity contribution in [2.24, 2.45) is 0 Å². The normalized spacial score (nSPS) is 14.9. The number of pyridine rings is 1. The fraction of sp³-hybridized carbons (Fsp3) is 0.296. The molecule has 2 aliphatic heterocycles. The molecular weight excluding hydrogens is 474 g/mol. The number of fused-ring (bicyclic) bond motifs is 2. The highest BCUT2D eigenvalue weighted by Gasteiger charge is 2.18. The van der Waals surface area contributed by atoms with Crippen molar-refractivity contribution >= 4 is 35.0 Å². The minimum atomic E-state index is 0.220. The van der Waals surface area contributed by atoms with E-state index < -0.39 is 0 Å². The zero-order chi connectivity index (χ0) is 24.5. The first-order chi connectivity index (χ1) is 17.6. The van der Waals surface area contributed by atoms with Gasteiger partial charge in [-0.2, -0.15) is 4.98 Å². The van der Waals surface area contributed by atoms with Crippen LogP contribution in [0.15, 0.2) is 59.5 Å². The van der Waals surface area contributed by atoms with E-state index in [9.17, 15) is 4.79 Å². The van der Waals surface area contributed by atoms with Crippen molar-refractivity contribution in [2.45, 2.75) is 24.7 Å². The Labute approximate surface area is 213 Å². The van der Waals surface area contributed by atoms with E-state index in [4.69, 9.17) is 19.6 Å². The van der Waals surface area contributed by atoms with Gasteiger partial charge in [0.2, 0.25) is 11.9 Å². The van der Waals surface area contributed by atoms with Gasteiger partial charge < -0.3 is 19.7 Å². The average molecular weight is 502 g/mol. The number of amides is 1. The summed E-state index contributed by atoms with van der Waals surface area (Å²) in [5, 5.41) is 8.04. The first kappa shape index (κ1) is 22.7. The SMILES string of the molecule is Cc1cc(-c2ccc3c(c2)OCCO3)n2nc(Nc3ccc(SCC(=O)N4CCCC4)cc3)nc2c1. The molecule has 1 saturated heterocycles. The summed E-state index contributed by atoms with van der Waals surface area (Å²) < 4.78 is 13.3. The van der Waals surface area contributed by atoms with Crippen LogP contribution >= 0.6 is 11.8 Å². The number of thioether (sulfide) groups is 1. The number of nitrogens with one attached hydrogen (secondary N) is 1. The Balaban J connectivity index is 1.19. The van der Waals surface area contributed by atoms with Crippen LogP contribution in [0.25, 0.3) is 16.9 Å². The van der Waals surface area contributed by atoms with Crippen molar-refractivity contribution in [3.8, 4) is 22.8 Å². The lowest BCUT2D eigenvalue weighted by Gasteiger charge is -2.19. The number of likely N-dealkylation sites (tertiary alicyclic amines) is 1. The summed E-state index contributed by atoms with van der Waals surface area (Å²) in [7, 11) is 0. The number of ether oxygens (including phenoxy) is 2. The minimum absolute atomic E-state index is 0.220. The standard InChI is InChI=1S/C27H27N5O3S/c1-18-14-22(19-4-9-23-24(16-19)35-13-12-34-23)32-25(15-18)29-27(30-32)28-20-5-7-21(8-6-20)36-17-26(33)31-10-2-3-11-31/h4-9,14-16H,2-3,10-13,17H2,1H3,(H,28,30). The van der Waals surface area contributed by atoms with Gasteiger partial charge in [-0.25, -0.2) is 4.52 Å². The second-order valence-corrected chi connectivity index (χ2v) is 10.1. The molecule has 2 aliphatic rings. The van der Waals surface area contributed by atoms with Crippen molar-refractivity contribution in [2.75, 3.05) is 37.4 Å². The van der Waals surface area contributed by atoms with Crippen molar-refractivity contribution in [1.29, 1.82) is 0 Å². The van der Waals surface area contributed by atoms with Crippen LogP contribution in [0.4, 0.5) is 11.6 Å². The van der Waals surface area contributed by atoms with Gasteiger partial charge in [0.1, 0.15) is 13.2 Å². The predicted molar refractivity (Wildman–Crippen MR) is 140 cm³/mol. The molecule has 0 spiro atoms. The zero-order valence-electron chi connectivity index (χ0n) is 20.1. The summed E-state index contributed by atoms with van der Waals surface area (Å²) in [5.74, 6) is 2.72. The second kappa shape index (κ2) is 9.73. The number of anilines is 2. The Kier molecular flexibility index (Phi) is 6.14. The molecule has 1 amide bonds. The number of rotatable bonds is 6. The van der Waals surface area contributed by atoms with Crippen molar-refractivity contribution in [3.05, 3.63) is 60.2 Å². The third-order valence-electron chi connectivity index (χ3n) is 6.35. The number of benzene rings is 2. The molecule has 36 heavy (non-hydrogen) atoms. The topological polar surface area (TPSA) is 81.0 Å². The number of hydrogen-bond acceptors (Lipinski definition) is 7. The third kappa shape index (κ3) is 4.70. The molecule has 0 unspecified atom stereocenters. The first-order valence-electron chi connectivity index (χ1n) is 12.2. The molecule has 2 aromatic carbocycles. The van der Waals surface area contributed by atoms with E-state index in [1.54, 1.807) is 11.8 Å². The lowest BCUT2D eigenvalue weighted by atomic mass is 10.1. The van der Waals surface area contributed by atoms with Crippen LogP contribution in [-0.2, 0) is 4.79 Å². The highest BCUT2D eigenvalue weighted by molar-refractivity contribution is 8.00.